The second-order valence-corrected chi connectivity index (χ2v) is 5.80. The normalized spacial score (nSPS) is 11.9. The number of amides is 1. The number of nitrogens with two attached hydrogens (primary N) is 1. The fourth-order valence-electron chi connectivity index (χ4n) is 2.21. The van der Waals surface area contributed by atoms with Gasteiger partial charge in [0.15, 0.2) is 0 Å². The molecule has 0 aromatic heterocycles. The SMILES string of the molecule is NC(CCC(=O)O)C(=O)NCCCCCCCCCCC(=O)O. The second kappa shape index (κ2) is 14.0. The Labute approximate surface area is 137 Å². The van der Waals surface area contributed by atoms with Gasteiger partial charge in [0.05, 0.1) is 6.04 Å². The first-order chi connectivity index (χ1) is 10.9. The summed E-state index contributed by atoms with van der Waals surface area (Å²) >= 11 is 0. The summed E-state index contributed by atoms with van der Waals surface area (Å²) in [6.45, 7) is 0.568. The molecule has 0 rings (SSSR count). The van der Waals surface area contributed by atoms with E-state index < -0.39 is 18.0 Å². The van der Waals surface area contributed by atoms with Crippen LogP contribution in [0.25, 0.3) is 0 Å². The van der Waals surface area contributed by atoms with Gasteiger partial charge in [-0.15, -0.1) is 0 Å². The maximum Gasteiger partial charge on any atom is 0.303 e. The van der Waals surface area contributed by atoms with Crippen LogP contribution in [0.2, 0.25) is 0 Å². The number of unbranched alkanes of at least 4 members (excludes halogenated alkanes) is 7. The van der Waals surface area contributed by atoms with E-state index in [0.717, 1.165) is 51.4 Å². The van der Waals surface area contributed by atoms with Crippen molar-refractivity contribution in [1.82, 2.24) is 5.32 Å². The molecular formula is C16H30N2O5. The molecule has 134 valence electrons. The average Bonchev–Trinajstić information content (AvgIpc) is 2.49. The topological polar surface area (TPSA) is 130 Å². The van der Waals surface area contributed by atoms with Crippen molar-refractivity contribution in [2.24, 2.45) is 5.73 Å². The highest BCUT2D eigenvalue weighted by atomic mass is 16.4. The summed E-state index contributed by atoms with van der Waals surface area (Å²) in [7, 11) is 0. The highest BCUT2D eigenvalue weighted by Gasteiger charge is 2.13. The molecule has 0 aliphatic rings. The van der Waals surface area contributed by atoms with Crippen molar-refractivity contribution >= 4 is 17.8 Å². The standard InChI is InChI=1S/C16H30N2O5/c17-13(10-11-15(21)22)16(23)18-12-8-6-4-2-1-3-5-7-9-14(19)20/h13H,1-12,17H2,(H,18,23)(H,19,20)(H,21,22). The first-order valence-corrected chi connectivity index (χ1v) is 8.40. The molecule has 0 aromatic rings. The number of carbonyl (C=O) groups is 3. The number of hydrogen-bond donors (Lipinski definition) is 4. The van der Waals surface area contributed by atoms with E-state index in [1.807, 2.05) is 0 Å². The molecule has 0 radical (unpaired) electrons. The van der Waals surface area contributed by atoms with Gasteiger partial charge in [0.25, 0.3) is 0 Å². The highest BCUT2D eigenvalue weighted by Crippen LogP contribution is 2.09. The van der Waals surface area contributed by atoms with Gasteiger partial charge in [0, 0.05) is 19.4 Å². The molecule has 23 heavy (non-hydrogen) atoms. The molecular weight excluding hydrogens is 300 g/mol. The third-order valence-electron chi connectivity index (χ3n) is 3.62. The number of carboxylic acids is 2. The predicted octanol–water partition coefficient (Wildman–Crippen LogP) is 1.89. The van der Waals surface area contributed by atoms with Gasteiger partial charge in [-0.25, -0.2) is 0 Å². The molecule has 0 saturated carbocycles. The molecule has 0 aliphatic heterocycles. The number of carbonyl (C=O) groups excluding carboxylic acids is 1. The maximum absolute atomic E-state index is 11.6. The monoisotopic (exact) mass is 330 g/mol. The lowest BCUT2D eigenvalue weighted by atomic mass is 10.1. The van der Waals surface area contributed by atoms with Crippen LogP contribution in [0, 0.1) is 0 Å². The van der Waals surface area contributed by atoms with Crippen molar-refractivity contribution in [3.8, 4) is 0 Å². The van der Waals surface area contributed by atoms with Crippen LogP contribution in [0.3, 0.4) is 0 Å². The lowest BCUT2D eigenvalue weighted by Gasteiger charge is -2.11. The number of nitrogens with one attached hydrogen (secondary N) is 1. The molecule has 0 aromatic carbocycles. The van der Waals surface area contributed by atoms with Gasteiger partial charge in [0.1, 0.15) is 0 Å². The largest absolute Gasteiger partial charge is 0.481 e. The quantitative estimate of drug-likeness (QED) is 0.339. The van der Waals surface area contributed by atoms with Gasteiger partial charge >= 0.3 is 11.9 Å². The molecule has 7 nitrogen and oxygen atoms in total. The third kappa shape index (κ3) is 15.1. The molecule has 0 aliphatic carbocycles. The average molecular weight is 330 g/mol. The van der Waals surface area contributed by atoms with Gasteiger partial charge in [-0.2, -0.15) is 0 Å². The van der Waals surface area contributed by atoms with Crippen LogP contribution < -0.4 is 11.1 Å². The minimum Gasteiger partial charge on any atom is -0.481 e. The van der Waals surface area contributed by atoms with Crippen LogP contribution in [0.5, 0.6) is 0 Å². The van der Waals surface area contributed by atoms with E-state index >= 15 is 0 Å². The zero-order valence-corrected chi connectivity index (χ0v) is 13.8. The van der Waals surface area contributed by atoms with Crippen molar-refractivity contribution in [3.63, 3.8) is 0 Å². The van der Waals surface area contributed by atoms with Crippen LogP contribution in [0.4, 0.5) is 0 Å². The van der Waals surface area contributed by atoms with Crippen molar-refractivity contribution in [1.29, 1.82) is 0 Å². The molecule has 5 N–H and O–H groups in total. The van der Waals surface area contributed by atoms with E-state index in [9.17, 15) is 14.4 Å². The fraction of sp³-hybridized carbons (Fsp3) is 0.812. The molecule has 0 spiro atoms. The summed E-state index contributed by atoms with van der Waals surface area (Å²) in [6, 6.07) is -0.753. The van der Waals surface area contributed by atoms with E-state index in [4.69, 9.17) is 15.9 Å². The summed E-state index contributed by atoms with van der Waals surface area (Å²) in [5.74, 6) is -1.96. The minimum absolute atomic E-state index is 0.0962. The van der Waals surface area contributed by atoms with Crippen LogP contribution >= 0.6 is 0 Å². The number of rotatable bonds is 15. The van der Waals surface area contributed by atoms with Crippen LogP contribution in [-0.2, 0) is 14.4 Å². The zero-order chi connectivity index (χ0) is 17.5. The van der Waals surface area contributed by atoms with E-state index in [-0.39, 0.29) is 25.2 Å². The maximum atomic E-state index is 11.6. The van der Waals surface area contributed by atoms with Gasteiger partial charge in [0.2, 0.25) is 5.91 Å². The second-order valence-electron chi connectivity index (χ2n) is 5.80. The van der Waals surface area contributed by atoms with Gasteiger partial charge < -0.3 is 21.3 Å². The van der Waals surface area contributed by atoms with Crippen LogP contribution in [-0.4, -0.2) is 40.6 Å². The van der Waals surface area contributed by atoms with Crippen molar-refractivity contribution in [2.75, 3.05) is 6.54 Å². The van der Waals surface area contributed by atoms with Gasteiger partial charge in [-0.3, -0.25) is 14.4 Å². The Kier molecular flexibility index (Phi) is 13.0. The molecule has 0 fully saturated rings. The molecule has 0 saturated heterocycles. The lowest BCUT2D eigenvalue weighted by molar-refractivity contribution is -0.138. The number of hydrogen-bond acceptors (Lipinski definition) is 4. The molecule has 0 bridgehead atoms. The molecule has 1 unspecified atom stereocenters. The van der Waals surface area contributed by atoms with Crippen molar-refractivity contribution < 1.29 is 24.6 Å². The Morgan fingerprint density at radius 1 is 0.783 bits per heavy atom. The Hall–Kier alpha value is -1.63. The van der Waals surface area contributed by atoms with Crippen molar-refractivity contribution in [3.05, 3.63) is 0 Å². The van der Waals surface area contributed by atoms with E-state index in [2.05, 4.69) is 5.32 Å². The summed E-state index contributed by atoms with van der Waals surface area (Å²) < 4.78 is 0. The van der Waals surface area contributed by atoms with Crippen LogP contribution in [0.1, 0.15) is 70.6 Å². The number of aliphatic carboxylic acids is 2. The van der Waals surface area contributed by atoms with Gasteiger partial charge in [-0.05, 0) is 19.3 Å². The first-order valence-electron chi connectivity index (χ1n) is 8.40. The Morgan fingerprint density at radius 3 is 1.78 bits per heavy atom. The zero-order valence-electron chi connectivity index (χ0n) is 13.8. The predicted molar refractivity (Wildman–Crippen MR) is 87.0 cm³/mol. The summed E-state index contributed by atoms with van der Waals surface area (Å²) in [6.07, 6.45) is 8.36. The summed E-state index contributed by atoms with van der Waals surface area (Å²) in [4.78, 5) is 32.3. The molecule has 1 atom stereocenters. The van der Waals surface area contributed by atoms with Crippen LogP contribution in [0.15, 0.2) is 0 Å². The fourth-order valence-corrected chi connectivity index (χ4v) is 2.21. The third-order valence-corrected chi connectivity index (χ3v) is 3.62. The first kappa shape index (κ1) is 21.4. The minimum atomic E-state index is -0.948. The lowest BCUT2D eigenvalue weighted by Crippen LogP contribution is -2.41. The summed E-state index contributed by atoms with van der Waals surface area (Å²) in [5.41, 5.74) is 5.59. The van der Waals surface area contributed by atoms with E-state index in [1.165, 1.54) is 0 Å². The highest BCUT2D eigenvalue weighted by molar-refractivity contribution is 5.82. The molecule has 7 heteroatoms. The Bertz CT molecular complexity index is 360. The molecule has 0 heterocycles. The summed E-state index contributed by atoms with van der Waals surface area (Å²) in [5, 5.41) is 19.7. The Balaban J connectivity index is 3.33. The number of carboxylic acid groups (broad SMARTS) is 2. The van der Waals surface area contributed by atoms with E-state index in [0.29, 0.717) is 6.54 Å². The van der Waals surface area contributed by atoms with Gasteiger partial charge in [-0.1, -0.05) is 38.5 Å². The van der Waals surface area contributed by atoms with E-state index in [1.54, 1.807) is 0 Å². The molecule has 1 amide bonds. The smallest absolute Gasteiger partial charge is 0.303 e. The van der Waals surface area contributed by atoms with Crippen molar-refractivity contribution in [2.45, 2.75) is 76.7 Å². The Morgan fingerprint density at radius 2 is 1.26 bits per heavy atom.